The number of hydrogen-bond acceptors (Lipinski definition) is 5. The molecule has 0 radical (unpaired) electrons. The van der Waals surface area contributed by atoms with E-state index in [4.69, 9.17) is 0 Å². The number of aryl methyl sites for hydroxylation is 1. The normalized spacial score (nSPS) is 11.3. The lowest BCUT2D eigenvalue weighted by Gasteiger charge is -2.02. The van der Waals surface area contributed by atoms with Crippen LogP contribution in [0.1, 0.15) is 0 Å². The van der Waals surface area contributed by atoms with Crippen LogP contribution in [-0.4, -0.2) is 29.4 Å². The highest BCUT2D eigenvalue weighted by Gasteiger charge is 2.11. The second-order valence-electron chi connectivity index (χ2n) is 6.01. The molecule has 0 fully saturated rings. The van der Waals surface area contributed by atoms with E-state index in [1.807, 2.05) is 66.5 Å². The number of hydrogen-bond donors (Lipinski definition) is 1. The molecular formula is C19H15N7. The molecule has 7 heteroatoms. The van der Waals surface area contributed by atoms with Gasteiger partial charge in [-0.15, -0.1) is 5.10 Å². The number of fused-ring (bicyclic) bond motifs is 2. The number of anilines is 2. The summed E-state index contributed by atoms with van der Waals surface area (Å²) >= 11 is 0. The molecule has 3 aromatic heterocycles. The molecule has 0 aliphatic carbocycles. The van der Waals surface area contributed by atoms with Crippen LogP contribution in [0.2, 0.25) is 0 Å². The van der Waals surface area contributed by atoms with Gasteiger partial charge in [-0.3, -0.25) is 9.67 Å². The zero-order valence-electron chi connectivity index (χ0n) is 14.0. The lowest BCUT2D eigenvalue weighted by atomic mass is 10.1. The van der Waals surface area contributed by atoms with Crippen molar-refractivity contribution in [2.75, 3.05) is 5.32 Å². The van der Waals surface area contributed by atoms with Gasteiger partial charge in [-0.1, -0.05) is 30.3 Å². The first-order valence-electron chi connectivity index (χ1n) is 8.23. The van der Waals surface area contributed by atoms with Crippen molar-refractivity contribution in [2.45, 2.75) is 0 Å². The molecule has 7 nitrogen and oxygen atoms in total. The summed E-state index contributed by atoms with van der Waals surface area (Å²) in [7, 11) is 1.92. The lowest BCUT2D eigenvalue weighted by molar-refractivity contribution is 0.797. The summed E-state index contributed by atoms with van der Waals surface area (Å²) < 4.78 is 3.58. The monoisotopic (exact) mass is 341 g/mol. The second-order valence-corrected chi connectivity index (χ2v) is 6.01. The van der Waals surface area contributed by atoms with Gasteiger partial charge >= 0.3 is 0 Å². The summed E-state index contributed by atoms with van der Waals surface area (Å²) in [6.45, 7) is 0. The van der Waals surface area contributed by atoms with Crippen molar-refractivity contribution in [3.63, 3.8) is 0 Å². The number of nitrogens with one attached hydrogen (secondary N) is 1. The maximum Gasteiger partial charge on any atom is 0.247 e. The van der Waals surface area contributed by atoms with Gasteiger partial charge in [0.25, 0.3) is 0 Å². The minimum Gasteiger partial charge on any atom is -0.323 e. The Morgan fingerprint density at radius 1 is 1.04 bits per heavy atom. The highest BCUT2D eigenvalue weighted by molar-refractivity contribution is 5.83. The quantitative estimate of drug-likeness (QED) is 0.544. The molecule has 0 amide bonds. The van der Waals surface area contributed by atoms with Gasteiger partial charge in [-0.2, -0.15) is 10.1 Å². The minimum atomic E-state index is 0.525. The zero-order chi connectivity index (χ0) is 17.5. The van der Waals surface area contributed by atoms with Gasteiger partial charge in [0.1, 0.15) is 5.69 Å². The molecule has 0 aliphatic rings. The fraction of sp³-hybridized carbons (Fsp3) is 0.0526. The summed E-state index contributed by atoms with van der Waals surface area (Å²) in [4.78, 5) is 9.11. The first-order chi connectivity index (χ1) is 12.8. The molecule has 0 bridgehead atoms. The molecule has 0 saturated carbocycles. The molecule has 5 aromatic rings. The zero-order valence-corrected chi connectivity index (χ0v) is 14.0. The van der Waals surface area contributed by atoms with Gasteiger partial charge < -0.3 is 5.32 Å². The fourth-order valence-electron chi connectivity index (χ4n) is 3.02. The minimum absolute atomic E-state index is 0.525. The summed E-state index contributed by atoms with van der Waals surface area (Å²) in [6, 6.07) is 16.0. The van der Waals surface area contributed by atoms with Crippen molar-refractivity contribution in [3.05, 3.63) is 67.1 Å². The largest absolute Gasteiger partial charge is 0.323 e. The Kier molecular flexibility index (Phi) is 3.18. The highest BCUT2D eigenvalue weighted by Crippen LogP contribution is 2.24. The summed E-state index contributed by atoms with van der Waals surface area (Å²) in [5.74, 6) is 0.525. The van der Waals surface area contributed by atoms with Crippen LogP contribution in [0.15, 0.2) is 67.1 Å². The van der Waals surface area contributed by atoms with Crippen LogP contribution in [0.3, 0.4) is 0 Å². The molecule has 0 unspecified atom stereocenters. The van der Waals surface area contributed by atoms with E-state index in [0.29, 0.717) is 11.6 Å². The third-order valence-corrected chi connectivity index (χ3v) is 4.31. The molecule has 0 saturated heterocycles. The fourth-order valence-corrected chi connectivity index (χ4v) is 3.02. The van der Waals surface area contributed by atoms with Gasteiger partial charge in [0.05, 0.1) is 11.7 Å². The molecule has 26 heavy (non-hydrogen) atoms. The predicted molar refractivity (Wildman–Crippen MR) is 100 cm³/mol. The van der Waals surface area contributed by atoms with Crippen molar-refractivity contribution in [2.24, 2.45) is 7.05 Å². The van der Waals surface area contributed by atoms with E-state index in [1.54, 1.807) is 16.9 Å². The maximum atomic E-state index is 4.63. The molecule has 5 rings (SSSR count). The van der Waals surface area contributed by atoms with Crippen molar-refractivity contribution < 1.29 is 0 Å². The van der Waals surface area contributed by atoms with E-state index in [-0.39, 0.29) is 0 Å². The van der Waals surface area contributed by atoms with Gasteiger partial charge in [0, 0.05) is 36.1 Å². The van der Waals surface area contributed by atoms with Crippen molar-refractivity contribution >= 4 is 28.2 Å². The molecule has 3 heterocycles. The van der Waals surface area contributed by atoms with Crippen LogP contribution in [0.25, 0.3) is 27.8 Å². The number of rotatable bonds is 3. The molecule has 0 spiro atoms. The van der Waals surface area contributed by atoms with Crippen molar-refractivity contribution in [3.8, 4) is 11.3 Å². The van der Waals surface area contributed by atoms with Crippen LogP contribution in [0.5, 0.6) is 0 Å². The van der Waals surface area contributed by atoms with Gasteiger partial charge in [-0.25, -0.2) is 4.52 Å². The van der Waals surface area contributed by atoms with Gasteiger partial charge in [0.2, 0.25) is 5.95 Å². The van der Waals surface area contributed by atoms with E-state index in [0.717, 1.165) is 27.8 Å². The Morgan fingerprint density at radius 2 is 1.92 bits per heavy atom. The van der Waals surface area contributed by atoms with Crippen LogP contribution >= 0.6 is 0 Å². The van der Waals surface area contributed by atoms with E-state index in [2.05, 4.69) is 25.5 Å². The first-order valence-corrected chi connectivity index (χ1v) is 8.23. The smallest absolute Gasteiger partial charge is 0.247 e. The first kappa shape index (κ1) is 14.6. The summed E-state index contributed by atoms with van der Waals surface area (Å²) in [5, 5.41) is 13.1. The summed E-state index contributed by atoms with van der Waals surface area (Å²) in [5.41, 5.74) is 4.48. The van der Waals surface area contributed by atoms with Crippen LogP contribution in [-0.2, 0) is 7.05 Å². The van der Waals surface area contributed by atoms with Gasteiger partial charge in [0.15, 0.2) is 5.65 Å². The maximum absolute atomic E-state index is 4.63. The number of benzene rings is 2. The van der Waals surface area contributed by atoms with Crippen molar-refractivity contribution in [1.29, 1.82) is 0 Å². The Labute approximate surface area is 148 Å². The molecule has 126 valence electrons. The van der Waals surface area contributed by atoms with Crippen molar-refractivity contribution in [1.82, 2.24) is 29.4 Å². The topological polar surface area (TPSA) is 72.9 Å². The average Bonchev–Trinajstić information content (AvgIpc) is 3.25. The van der Waals surface area contributed by atoms with E-state index >= 15 is 0 Å². The average molecular weight is 341 g/mol. The predicted octanol–water partition coefficient (Wildman–Crippen LogP) is 3.42. The van der Waals surface area contributed by atoms with Gasteiger partial charge in [-0.05, 0) is 18.2 Å². The van der Waals surface area contributed by atoms with E-state index in [1.165, 1.54) is 0 Å². The van der Waals surface area contributed by atoms with E-state index in [9.17, 15) is 0 Å². The molecule has 1 N–H and O–H groups in total. The molecule has 0 aliphatic heterocycles. The Balaban J connectivity index is 1.56. The number of nitrogens with zero attached hydrogens (tertiary/aromatic N) is 6. The third-order valence-electron chi connectivity index (χ3n) is 4.31. The summed E-state index contributed by atoms with van der Waals surface area (Å²) in [6.07, 6.45) is 5.37. The Morgan fingerprint density at radius 3 is 2.81 bits per heavy atom. The Hall–Kier alpha value is -3.74. The molecule has 0 atom stereocenters. The Bertz CT molecular complexity index is 1220. The van der Waals surface area contributed by atoms with E-state index < -0.39 is 0 Å². The van der Waals surface area contributed by atoms with Crippen LogP contribution < -0.4 is 5.32 Å². The SMILES string of the molecule is Cn1ncc2ccc(Nc3nc4c(-c5ccccc5)nccn4n3)cc21. The van der Waals surface area contributed by atoms with Crippen LogP contribution in [0, 0.1) is 0 Å². The third kappa shape index (κ3) is 2.37. The molecular weight excluding hydrogens is 326 g/mol. The number of aromatic nitrogens is 6. The lowest BCUT2D eigenvalue weighted by Crippen LogP contribution is -1.94. The molecule has 2 aromatic carbocycles. The highest BCUT2D eigenvalue weighted by atomic mass is 15.4. The second kappa shape index (κ2) is 5.66. The standard InChI is InChI=1S/C19H15N7/c1-25-16-11-15(8-7-14(16)12-21-25)22-19-23-18-17(13-5-3-2-4-6-13)20-9-10-26(18)24-19/h2-12H,1H3,(H,22,24). The van der Waals surface area contributed by atoms with Crippen LogP contribution in [0.4, 0.5) is 11.6 Å².